The second kappa shape index (κ2) is 1830. The summed E-state index contributed by atoms with van der Waals surface area (Å²) in [6, 6.07) is 0. The van der Waals surface area contributed by atoms with Crippen LogP contribution in [0.4, 0.5) is 0 Å². The maximum Gasteiger partial charge on any atom is -0.147 e. The molecule has 0 amide bonds. The lowest BCUT2D eigenvalue weighted by molar-refractivity contribution is 0.824. The minimum atomic E-state index is 0. The van der Waals surface area contributed by atoms with Gasteiger partial charge in [-0.3, -0.25) is 0 Å². The molecule has 20 heteroatoms. The molecule has 0 atom stereocenters. The van der Waals surface area contributed by atoms with Gasteiger partial charge in [0.15, 0.2) is 0 Å². The third-order valence-corrected chi connectivity index (χ3v) is 0. The smallest absolute Gasteiger partial charge is 0.147 e. The largest absolute Gasteiger partial charge is 0.412 e. The van der Waals surface area contributed by atoms with Crippen LogP contribution >= 0.6 is 112 Å². The van der Waals surface area contributed by atoms with Crippen LogP contribution in [0.3, 0.4) is 0 Å². The Kier molecular flexibility index (Phi) is 193000. The monoisotopic (exact) mass is 512 g/mol. The topological polar surface area (TPSA) is 382 Å². The van der Waals surface area contributed by atoms with Gasteiger partial charge in [0, 0.05) is 0 Å². The lowest BCUT2D eigenvalue weighted by Crippen LogP contribution is -0.482. The molecule has 0 saturated carbocycles. The Morgan fingerprint density at radius 3 is 0.150 bits per heavy atom. The summed E-state index contributed by atoms with van der Waals surface area (Å²) >= 11 is 0. The summed E-state index contributed by atoms with van der Waals surface area (Å²) in [6.45, 7) is 0. The Labute approximate surface area is 178 Å². The molecule has 32 N–H and O–H groups in total. The fourth-order valence-corrected chi connectivity index (χ4v) is 0. The van der Waals surface area contributed by atoms with Crippen molar-refractivity contribution in [2.75, 3.05) is 0 Å². The van der Waals surface area contributed by atoms with Gasteiger partial charge < -0.3 is 67.0 Å². The quantitative estimate of drug-likeness (QED) is 0.213. The highest BCUT2D eigenvalue weighted by atomic mass is 35.5. The molecule has 0 aromatic rings. The average Bonchev–Trinajstić information content (AvgIpc) is 0. The number of hydrogen-bond acceptors (Lipinski definition) is 10. The van der Waals surface area contributed by atoms with E-state index < -0.39 is 0 Å². The van der Waals surface area contributed by atoms with Crippen LogP contribution in [0.1, 0.15) is 0 Å². The lowest BCUT2D eigenvalue weighted by atomic mass is 14.0. The molecule has 0 aliphatic heterocycles. The summed E-state index contributed by atoms with van der Waals surface area (Å²) in [7, 11) is 0. The van der Waals surface area contributed by atoms with E-state index in [4.69, 9.17) is 0 Å². The maximum atomic E-state index is 0. The van der Waals surface area contributed by atoms with Gasteiger partial charge in [-0.15, -0.1) is 112 Å². The minimum Gasteiger partial charge on any atom is -0.412 e. The van der Waals surface area contributed by atoms with Crippen molar-refractivity contribution in [3.05, 3.63) is 0 Å². The molecule has 0 aliphatic rings. The SMILES string of the molecule is Cl.Cl.Cl.Cl.Cl.Cl.Cl.Cl.Cl.N.N.N.N.N.N.N.N.N.N.O. The van der Waals surface area contributed by atoms with Crippen LogP contribution in [-0.2, 0) is 0 Å². The second-order valence-electron chi connectivity index (χ2n) is 0. The Morgan fingerprint density at radius 1 is 0.150 bits per heavy atom. The third kappa shape index (κ3) is 1570. The summed E-state index contributed by atoms with van der Waals surface area (Å²) in [5.41, 5.74) is 0. The van der Waals surface area contributed by atoms with Gasteiger partial charge in [-0.05, 0) is 0 Å². The number of hydrogen-bond donors (Lipinski definition) is 10. The first-order valence-electron chi connectivity index (χ1n) is 0. The molecule has 11 nitrogen and oxygen atoms in total. The summed E-state index contributed by atoms with van der Waals surface area (Å²) in [5, 5.41) is 0. The fraction of sp³-hybridized carbons (Fsp3) is 0. The maximum absolute atomic E-state index is 0. The molecule has 160 valence electrons. The molecule has 0 fully saturated rings. The Balaban J connectivity index is 0. The summed E-state index contributed by atoms with van der Waals surface area (Å²) < 4.78 is 0. The molecule has 0 rings (SSSR count). The van der Waals surface area contributed by atoms with Crippen LogP contribution in [0.2, 0.25) is 0 Å². The van der Waals surface area contributed by atoms with Crippen molar-refractivity contribution < 1.29 is 5.48 Å². The molecule has 0 aromatic heterocycles. The zero-order chi connectivity index (χ0) is 0. The van der Waals surface area contributed by atoms with Crippen molar-refractivity contribution in [1.82, 2.24) is 61.5 Å². The fourth-order valence-electron chi connectivity index (χ4n) is 0. The lowest BCUT2D eigenvalue weighted by Gasteiger charge is -0.412. The summed E-state index contributed by atoms with van der Waals surface area (Å²) in [5.74, 6) is 0. The van der Waals surface area contributed by atoms with E-state index in [9.17, 15) is 0 Å². The van der Waals surface area contributed by atoms with E-state index in [0.29, 0.717) is 0 Å². The van der Waals surface area contributed by atoms with E-state index in [0.717, 1.165) is 0 Å². The molecule has 0 spiro atoms. The van der Waals surface area contributed by atoms with Gasteiger partial charge in [-0.25, -0.2) is 0 Å². The van der Waals surface area contributed by atoms with Crippen molar-refractivity contribution in [3.8, 4) is 0 Å². The van der Waals surface area contributed by atoms with E-state index in [1.807, 2.05) is 0 Å². The summed E-state index contributed by atoms with van der Waals surface area (Å²) in [4.78, 5) is 0. The predicted molar refractivity (Wildman–Crippen MR) is 119 cm³/mol. The molecule has 0 saturated heterocycles. The zero-order valence-electron chi connectivity index (χ0n) is 11.2. The number of rotatable bonds is 0. The van der Waals surface area contributed by atoms with E-state index in [1.54, 1.807) is 0 Å². The van der Waals surface area contributed by atoms with Crippen LogP contribution in [0.5, 0.6) is 0 Å². The van der Waals surface area contributed by atoms with Crippen LogP contribution in [-0.4, -0.2) is 5.48 Å². The van der Waals surface area contributed by atoms with Gasteiger partial charge >= 0.3 is 0 Å². The molecule has 20 heavy (non-hydrogen) atoms. The Hall–Kier alpha value is 2.17. The van der Waals surface area contributed by atoms with Crippen LogP contribution in [0, 0.1) is 0 Å². The highest BCUT2D eigenvalue weighted by Crippen LogP contribution is 0.698. The van der Waals surface area contributed by atoms with Gasteiger partial charge in [0.05, 0.1) is 0 Å². The van der Waals surface area contributed by atoms with Crippen molar-refractivity contribution in [2.45, 2.75) is 0 Å². The van der Waals surface area contributed by atoms with Crippen molar-refractivity contribution in [1.29, 1.82) is 0 Å². The predicted octanol–water partition coefficient (Wildman–Crippen LogP) is 4.59. The first kappa shape index (κ1) is 2110. The van der Waals surface area contributed by atoms with Crippen molar-refractivity contribution in [2.24, 2.45) is 0 Å². The van der Waals surface area contributed by atoms with Gasteiger partial charge in [-0.1, -0.05) is 0 Å². The first-order valence-corrected chi connectivity index (χ1v) is 0. The normalized spacial score (nSPS) is 0. The van der Waals surface area contributed by atoms with Gasteiger partial charge in [0.1, 0.15) is 0 Å². The Bertz CT molecular complexity index is 24.7. The zero-order valence-corrected chi connectivity index (χ0v) is 18.6. The highest BCUT2D eigenvalue weighted by molar-refractivity contribution is 5.86. The Morgan fingerprint density at radius 2 is 0.150 bits per heavy atom. The first-order chi connectivity index (χ1) is 0. The summed E-state index contributed by atoms with van der Waals surface area (Å²) in [6.07, 6.45) is 0. The second-order valence-corrected chi connectivity index (χ2v) is 0. The third-order valence-electron chi connectivity index (χ3n) is 0. The molecule has 0 unspecified atom stereocenters. The molecular weight excluding hydrogens is 475 g/mol. The van der Waals surface area contributed by atoms with Crippen molar-refractivity contribution >= 4 is 112 Å². The van der Waals surface area contributed by atoms with E-state index in [1.165, 1.54) is 0 Å². The molecule has 0 radical (unpaired) electrons. The van der Waals surface area contributed by atoms with E-state index >= 15 is 0 Å². The van der Waals surface area contributed by atoms with Gasteiger partial charge in [0.2, 0.25) is 0 Å². The average molecular weight is 516 g/mol. The van der Waals surface area contributed by atoms with Crippen LogP contribution in [0.15, 0.2) is 0 Å². The molecule has 0 aliphatic carbocycles. The molecular formula is H41Cl9N10O. The molecule has 0 aromatic carbocycles. The van der Waals surface area contributed by atoms with Crippen molar-refractivity contribution in [3.63, 3.8) is 0 Å². The number of halogens is 9. The minimum absolute atomic E-state index is 0. The van der Waals surface area contributed by atoms with E-state index in [2.05, 4.69) is 0 Å². The van der Waals surface area contributed by atoms with Gasteiger partial charge in [-0.2, -0.15) is 0 Å². The molecule has 0 heterocycles. The van der Waals surface area contributed by atoms with E-state index in [-0.39, 0.29) is 179 Å². The highest BCUT2D eigenvalue weighted by Gasteiger charge is -0.138. The molecule has 0 bridgehead atoms. The van der Waals surface area contributed by atoms with Crippen LogP contribution < -0.4 is 61.5 Å². The van der Waals surface area contributed by atoms with Crippen LogP contribution in [0.25, 0.3) is 0 Å². The van der Waals surface area contributed by atoms with Gasteiger partial charge in [0.25, 0.3) is 0 Å². The standard InChI is InChI=1S/9ClH.10H3N.H2O/h9*1H;10*1H3;1H2.